The molecule has 0 aromatic rings. The van der Waals surface area contributed by atoms with Crippen molar-refractivity contribution in [2.45, 2.75) is 166 Å². The predicted octanol–water partition coefficient (Wildman–Crippen LogP) is 7.00. The molecular weight excluding hydrogens is 717 g/mol. The highest BCUT2D eigenvalue weighted by atomic mass is 32.2. The Kier molecular flexibility index (Phi) is 28.8. The third-order valence-electron chi connectivity index (χ3n) is 8.68. The van der Waals surface area contributed by atoms with Gasteiger partial charge in [-0.05, 0) is 57.8 Å². The Hall–Kier alpha value is -2.65. The molecule has 1 fully saturated rings. The van der Waals surface area contributed by atoms with E-state index in [4.69, 9.17) is 18.9 Å². The molecule has 0 spiro atoms. The summed E-state index contributed by atoms with van der Waals surface area (Å²) in [4.78, 5) is 25.2. The van der Waals surface area contributed by atoms with Crippen LogP contribution < -0.4 is 0 Å². The standard InChI is InChI=1S/C41H68O12S/c1-3-5-7-9-11-13-15-17-19-21-23-25-27-29-36(42)50-31-34(32-51-41-40(46)39(45)38(44)35(53-41)33-54(47,48)49)52-37(43)30-28-26-24-22-20-18-16-14-12-10-8-6-4-2/h6,8,10,12,14,16-20,34-35,38-41,44-46H,3-5,7,9,11,13,15,21-33H2,1-2H3,(H,47,48,49)/b8-6+,12-10+,16-14+,19-17+,20-18+/t34?,35-,38-,39?,40?,41+/m0/s1. The first-order chi connectivity index (χ1) is 26.0. The van der Waals surface area contributed by atoms with E-state index < -0.39 is 71.2 Å². The molecule has 0 bridgehead atoms. The van der Waals surface area contributed by atoms with Crippen LogP contribution in [0.3, 0.4) is 0 Å². The van der Waals surface area contributed by atoms with Crippen LogP contribution in [0.1, 0.15) is 129 Å². The van der Waals surface area contributed by atoms with Crippen molar-refractivity contribution in [2.24, 2.45) is 0 Å². The molecule has 0 saturated carbocycles. The maximum Gasteiger partial charge on any atom is 0.306 e. The average molecular weight is 785 g/mol. The van der Waals surface area contributed by atoms with Crippen molar-refractivity contribution < 1.29 is 56.8 Å². The summed E-state index contributed by atoms with van der Waals surface area (Å²) in [6.45, 7) is 3.53. The number of aliphatic hydroxyl groups is 3. The van der Waals surface area contributed by atoms with Crippen molar-refractivity contribution in [3.63, 3.8) is 0 Å². The minimum atomic E-state index is -4.61. The Balaban J connectivity index is 2.56. The third-order valence-corrected chi connectivity index (χ3v) is 9.43. The van der Waals surface area contributed by atoms with E-state index in [0.717, 1.165) is 51.4 Å². The van der Waals surface area contributed by atoms with Crippen LogP contribution in [0.2, 0.25) is 0 Å². The number of aliphatic hydroxyl groups excluding tert-OH is 3. The van der Waals surface area contributed by atoms with Gasteiger partial charge in [-0.2, -0.15) is 8.42 Å². The zero-order valence-electron chi connectivity index (χ0n) is 32.5. The van der Waals surface area contributed by atoms with Gasteiger partial charge in [-0.15, -0.1) is 0 Å². The molecule has 6 atom stereocenters. The molecule has 54 heavy (non-hydrogen) atoms. The Labute approximate surface area is 324 Å². The van der Waals surface area contributed by atoms with E-state index in [2.05, 4.69) is 38.2 Å². The number of ether oxygens (including phenoxy) is 4. The Morgan fingerprint density at radius 2 is 1.19 bits per heavy atom. The van der Waals surface area contributed by atoms with Crippen molar-refractivity contribution in [2.75, 3.05) is 19.0 Å². The van der Waals surface area contributed by atoms with Crippen molar-refractivity contribution in [1.29, 1.82) is 0 Å². The quantitative estimate of drug-likeness (QED) is 0.0186. The summed E-state index contributed by atoms with van der Waals surface area (Å²) in [5.41, 5.74) is 0. The molecule has 3 unspecified atom stereocenters. The molecule has 1 saturated heterocycles. The maximum atomic E-state index is 12.7. The van der Waals surface area contributed by atoms with E-state index in [0.29, 0.717) is 12.8 Å². The lowest BCUT2D eigenvalue weighted by molar-refractivity contribution is -0.297. The lowest BCUT2D eigenvalue weighted by Crippen LogP contribution is -2.60. The van der Waals surface area contributed by atoms with E-state index in [1.54, 1.807) is 0 Å². The number of carbonyl (C=O) groups excluding carboxylic acids is 2. The van der Waals surface area contributed by atoms with Gasteiger partial charge in [0.25, 0.3) is 10.1 Å². The largest absolute Gasteiger partial charge is 0.462 e. The second kappa shape index (κ2) is 31.5. The Bertz CT molecular complexity index is 1240. The molecule has 310 valence electrons. The maximum absolute atomic E-state index is 12.7. The van der Waals surface area contributed by atoms with Gasteiger partial charge in [0.1, 0.15) is 36.8 Å². The van der Waals surface area contributed by atoms with Crippen LogP contribution in [-0.2, 0) is 38.7 Å². The van der Waals surface area contributed by atoms with Crippen molar-refractivity contribution in [3.8, 4) is 0 Å². The average Bonchev–Trinajstić information content (AvgIpc) is 3.13. The minimum absolute atomic E-state index is 0.113. The van der Waals surface area contributed by atoms with Gasteiger partial charge in [0.05, 0.1) is 6.61 Å². The normalized spacial score (nSPS) is 21.6. The molecule has 4 N–H and O–H groups in total. The first kappa shape index (κ1) is 49.4. The van der Waals surface area contributed by atoms with E-state index in [1.807, 2.05) is 36.5 Å². The summed E-state index contributed by atoms with van der Waals surface area (Å²) in [5, 5.41) is 30.8. The van der Waals surface area contributed by atoms with Crippen LogP contribution in [0.15, 0.2) is 60.8 Å². The fourth-order valence-electron chi connectivity index (χ4n) is 5.56. The van der Waals surface area contributed by atoms with Crippen LogP contribution >= 0.6 is 0 Å². The van der Waals surface area contributed by atoms with Gasteiger partial charge in [0.2, 0.25) is 0 Å². The molecule has 0 amide bonds. The monoisotopic (exact) mass is 784 g/mol. The summed E-state index contributed by atoms with van der Waals surface area (Å²) >= 11 is 0. The lowest BCUT2D eigenvalue weighted by atomic mass is 10.00. The molecule has 1 aliphatic rings. The molecule has 1 heterocycles. The van der Waals surface area contributed by atoms with Gasteiger partial charge in [0, 0.05) is 12.8 Å². The number of carbonyl (C=O) groups is 2. The first-order valence-corrected chi connectivity index (χ1v) is 21.5. The van der Waals surface area contributed by atoms with Crippen molar-refractivity contribution in [3.05, 3.63) is 60.8 Å². The van der Waals surface area contributed by atoms with Gasteiger partial charge in [-0.3, -0.25) is 14.1 Å². The first-order valence-electron chi connectivity index (χ1n) is 19.9. The zero-order chi connectivity index (χ0) is 39.9. The Morgan fingerprint density at radius 1 is 0.648 bits per heavy atom. The highest BCUT2D eigenvalue weighted by molar-refractivity contribution is 7.85. The van der Waals surface area contributed by atoms with Gasteiger partial charge in [0.15, 0.2) is 12.4 Å². The van der Waals surface area contributed by atoms with Crippen LogP contribution in [0, 0.1) is 0 Å². The molecule has 0 aromatic heterocycles. The summed E-state index contributed by atoms with van der Waals surface area (Å²) in [6, 6.07) is 0. The van der Waals surface area contributed by atoms with Gasteiger partial charge in [-0.25, -0.2) is 0 Å². The van der Waals surface area contributed by atoms with Gasteiger partial charge in [-0.1, -0.05) is 120 Å². The predicted molar refractivity (Wildman–Crippen MR) is 210 cm³/mol. The second-order valence-electron chi connectivity index (χ2n) is 13.7. The molecule has 0 aromatic carbocycles. The number of unbranched alkanes of at least 4 members (excludes halogenated alkanes) is 12. The summed E-state index contributed by atoms with van der Waals surface area (Å²) in [5.74, 6) is -2.07. The van der Waals surface area contributed by atoms with Crippen molar-refractivity contribution >= 4 is 22.1 Å². The number of allylic oxidation sites excluding steroid dienone is 10. The van der Waals surface area contributed by atoms with Crippen molar-refractivity contribution in [1.82, 2.24) is 0 Å². The molecule has 0 radical (unpaired) electrons. The molecule has 13 heteroatoms. The van der Waals surface area contributed by atoms with E-state index >= 15 is 0 Å². The van der Waals surface area contributed by atoms with E-state index in [1.165, 1.54) is 38.5 Å². The molecule has 0 aliphatic carbocycles. The number of hydrogen-bond acceptors (Lipinski definition) is 11. The minimum Gasteiger partial charge on any atom is -0.462 e. The van der Waals surface area contributed by atoms with E-state index in [9.17, 15) is 37.9 Å². The highest BCUT2D eigenvalue weighted by Crippen LogP contribution is 2.24. The molecule has 1 aliphatic heterocycles. The van der Waals surface area contributed by atoms with Crippen LogP contribution in [0.25, 0.3) is 0 Å². The molecule has 1 rings (SSSR count). The summed E-state index contributed by atoms with van der Waals surface area (Å²) < 4.78 is 53.8. The SMILES string of the molecule is CC/C=C/C=C/C=C/C=C/CCCCCC(=O)OC(COC(=O)CCCCC/C=C/CCCCCCCC)CO[C@@H]1O[C@@H](CS(=O)(=O)O)[C@H](O)C(O)C1O. The van der Waals surface area contributed by atoms with Gasteiger partial charge >= 0.3 is 11.9 Å². The smallest absolute Gasteiger partial charge is 0.306 e. The second-order valence-corrected chi connectivity index (χ2v) is 15.1. The zero-order valence-corrected chi connectivity index (χ0v) is 33.4. The summed E-state index contributed by atoms with van der Waals surface area (Å²) in [6.07, 6.45) is 27.1. The summed E-state index contributed by atoms with van der Waals surface area (Å²) in [7, 11) is -4.61. The third kappa shape index (κ3) is 26.2. The van der Waals surface area contributed by atoms with E-state index in [-0.39, 0.29) is 19.4 Å². The lowest BCUT2D eigenvalue weighted by Gasteiger charge is -2.40. The Morgan fingerprint density at radius 3 is 1.80 bits per heavy atom. The van der Waals surface area contributed by atoms with Gasteiger partial charge < -0.3 is 34.3 Å². The van der Waals surface area contributed by atoms with Crippen LogP contribution in [-0.4, -0.2) is 96.0 Å². The van der Waals surface area contributed by atoms with Crippen LogP contribution in [0.4, 0.5) is 0 Å². The fraction of sp³-hybridized carbons (Fsp3) is 0.707. The number of esters is 2. The topological polar surface area (TPSA) is 186 Å². The fourth-order valence-corrected chi connectivity index (χ4v) is 6.25. The highest BCUT2D eigenvalue weighted by Gasteiger charge is 2.46. The number of rotatable bonds is 31. The molecule has 12 nitrogen and oxygen atoms in total. The number of hydrogen-bond donors (Lipinski definition) is 4. The van der Waals surface area contributed by atoms with Crippen LogP contribution in [0.5, 0.6) is 0 Å². The molecular formula is C41H68O12S.